The second-order valence-electron chi connectivity index (χ2n) is 6.98. The molecule has 0 spiro atoms. The van der Waals surface area contributed by atoms with Crippen molar-refractivity contribution >= 4 is 39.8 Å². The molecule has 0 radical (unpaired) electrons. The molecule has 0 aliphatic heterocycles. The monoisotopic (exact) mass is 492 g/mol. The Morgan fingerprint density at radius 3 is 2.06 bits per heavy atom. The fourth-order valence-electron chi connectivity index (χ4n) is 2.95. The number of amides is 2. The molecule has 2 amide bonds. The van der Waals surface area contributed by atoms with Crippen LogP contribution in [0.4, 0.5) is 0 Å². The van der Waals surface area contributed by atoms with Crippen LogP contribution in [-0.2, 0) is 16.0 Å². The van der Waals surface area contributed by atoms with E-state index in [-0.39, 0.29) is 12.1 Å². The minimum atomic E-state index is -1.17. The molecular formula is C25H21BrN2O4. The number of rotatable bonds is 8. The highest BCUT2D eigenvalue weighted by Gasteiger charge is 2.23. The number of hydrogen-bond acceptors (Lipinski definition) is 3. The summed E-state index contributed by atoms with van der Waals surface area (Å²) in [4.78, 5) is 37.5. The van der Waals surface area contributed by atoms with E-state index in [1.54, 1.807) is 78.9 Å². The number of aliphatic carboxylic acids is 1. The smallest absolute Gasteiger partial charge is 0.326 e. The molecule has 3 rings (SSSR count). The normalized spacial score (nSPS) is 12.0. The molecule has 0 bridgehead atoms. The first-order chi connectivity index (χ1) is 15.4. The van der Waals surface area contributed by atoms with Gasteiger partial charge in [0.25, 0.3) is 11.8 Å². The van der Waals surface area contributed by atoms with Crippen LogP contribution in [0.1, 0.15) is 21.5 Å². The first-order valence-corrected chi connectivity index (χ1v) is 10.6. The second-order valence-corrected chi connectivity index (χ2v) is 7.90. The van der Waals surface area contributed by atoms with Gasteiger partial charge in [-0.25, -0.2) is 4.79 Å². The lowest BCUT2D eigenvalue weighted by atomic mass is 10.1. The summed E-state index contributed by atoms with van der Waals surface area (Å²) in [5.41, 5.74) is 1.76. The fraction of sp³-hybridized carbons (Fsp3) is 0.0800. The van der Waals surface area contributed by atoms with Gasteiger partial charge in [-0.15, -0.1) is 0 Å². The zero-order valence-corrected chi connectivity index (χ0v) is 18.6. The van der Waals surface area contributed by atoms with Gasteiger partial charge >= 0.3 is 5.97 Å². The van der Waals surface area contributed by atoms with E-state index in [1.807, 2.05) is 6.07 Å². The van der Waals surface area contributed by atoms with Gasteiger partial charge in [0.1, 0.15) is 11.7 Å². The highest BCUT2D eigenvalue weighted by Crippen LogP contribution is 2.14. The predicted octanol–water partition coefficient (Wildman–Crippen LogP) is 4.03. The van der Waals surface area contributed by atoms with Crippen molar-refractivity contribution in [2.24, 2.45) is 0 Å². The molecule has 3 aromatic carbocycles. The molecule has 1 unspecified atom stereocenters. The van der Waals surface area contributed by atoms with E-state index in [9.17, 15) is 19.5 Å². The van der Waals surface area contributed by atoms with Crippen LogP contribution in [-0.4, -0.2) is 28.9 Å². The average Bonchev–Trinajstić information content (AvgIpc) is 2.80. The van der Waals surface area contributed by atoms with Gasteiger partial charge in [0, 0.05) is 16.5 Å². The molecule has 0 fully saturated rings. The van der Waals surface area contributed by atoms with Crippen molar-refractivity contribution in [1.82, 2.24) is 10.6 Å². The number of carboxylic acids is 1. The van der Waals surface area contributed by atoms with Crippen molar-refractivity contribution in [3.63, 3.8) is 0 Å². The largest absolute Gasteiger partial charge is 0.480 e. The molecule has 162 valence electrons. The average molecular weight is 493 g/mol. The van der Waals surface area contributed by atoms with Gasteiger partial charge in [-0.05, 0) is 41.5 Å². The highest BCUT2D eigenvalue weighted by molar-refractivity contribution is 9.10. The molecule has 0 aliphatic rings. The van der Waals surface area contributed by atoms with Crippen molar-refractivity contribution in [2.45, 2.75) is 12.5 Å². The summed E-state index contributed by atoms with van der Waals surface area (Å²) >= 11 is 3.36. The summed E-state index contributed by atoms with van der Waals surface area (Å²) in [6.45, 7) is 0. The Labute approximate surface area is 194 Å². The summed E-state index contributed by atoms with van der Waals surface area (Å²) in [6.07, 6.45) is 1.62. The zero-order valence-electron chi connectivity index (χ0n) is 17.0. The molecule has 6 nitrogen and oxygen atoms in total. The van der Waals surface area contributed by atoms with E-state index in [0.717, 1.165) is 10.0 Å². The van der Waals surface area contributed by atoms with Crippen LogP contribution in [0.2, 0.25) is 0 Å². The molecule has 1 atom stereocenters. The Balaban J connectivity index is 1.85. The molecule has 0 saturated carbocycles. The van der Waals surface area contributed by atoms with Gasteiger partial charge in [0.15, 0.2) is 0 Å². The minimum absolute atomic E-state index is 0.0551. The summed E-state index contributed by atoms with van der Waals surface area (Å²) in [7, 11) is 0. The van der Waals surface area contributed by atoms with E-state index >= 15 is 0 Å². The lowest BCUT2D eigenvalue weighted by molar-refractivity contribution is -0.141. The van der Waals surface area contributed by atoms with E-state index in [0.29, 0.717) is 11.1 Å². The van der Waals surface area contributed by atoms with E-state index in [4.69, 9.17) is 0 Å². The third kappa shape index (κ3) is 6.65. The van der Waals surface area contributed by atoms with Crippen LogP contribution < -0.4 is 10.6 Å². The number of carbonyl (C=O) groups is 3. The third-order valence-electron chi connectivity index (χ3n) is 4.60. The quantitative estimate of drug-likeness (QED) is 0.413. The maximum Gasteiger partial charge on any atom is 0.326 e. The van der Waals surface area contributed by atoms with Crippen molar-refractivity contribution in [3.05, 3.63) is 112 Å². The second kappa shape index (κ2) is 11.1. The Bertz CT molecular complexity index is 1110. The number of carbonyl (C=O) groups excluding carboxylic acids is 2. The molecule has 0 aromatic heterocycles. The predicted molar refractivity (Wildman–Crippen MR) is 126 cm³/mol. The maximum atomic E-state index is 13.0. The molecule has 3 aromatic rings. The van der Waals surface area contributed by atoms with Gasteiger partial charge in [-0.2, -0.15) is 0 Å². The van der Waals surface area contributed by atoms with Gasteiger partial charge < -0.3 is 15.7 Å². The lowest BCUT2D eigenvalue weighted by Gasteiger charge is -2.17. The summed E-state index contributed by atoms with van der Waals surface area (Å²) < 4.78 is 0.864. The molecule has 0 aliphatic carbocycles. The number of halogens is 1. The first-order valence-electron chi connectivity index (χ1n) is 9.83. The SMILES string of the molecule is O=C(NC(Cc1ccccc1)C(=O)O)/C(=C/c1ccc(Br)cc1)NC(=O)c1ccccc1. The van der Waals surface area contributed by atoms with Crippen LogP contribution in [0, 0.1) is 0 Å². The Hall–Kier alpha value is -3.71. The van der Waals surface area contributed by atoms with E-state index in [1.165, 1.54) is 6.08 Å². The number of nitrogens with one attached hydrogen (secondary N) is 2. The van der Waals surface area contributed by atoms with Crippen LogP contribution in [0.15, 0.2) is 95.1 Å². The Morgan fingerprint density at radius 1 is 0.875 bits per heavy atom. The number of carboxylic acid groups (broad SMARTS) is 1. The van der Waals surface area contributed by atoms with E-state index < -0.39 is 23.8 Å². The molecule has 0 heterocycles. The van der Waals surface area contributed by atoms with Gasteiger partial charge in [0.2, 0.25) is 0 Å². The maximum absolute atomic E-state index is 13.0. The standard InChI is InChI=1S/C25H21BrN2O4/c26-20-13-11-18(12-14-20)15-21(27-23(29)19-9-5-2-6-10-19)24(30)28-22(25(31)32)16-17-7-3-1-4-8-17/h1-15,22H,16H2,(H,27,29)(H,28,30)(H,31,32)/b21-15-. The van der Waals surface area contributed by atoms with Crippen LogP contribution in [0.3, 0.4) is 0 Å². The van der Waals surface area contributed by atoms with Crippen LogP contribution >= 0.6 is 15.9 Å². The van der Waals surface area contributed by atoms with Gasteiger partial charge in [-0.3, -0.25) is 9.59 Å². The Morgan fingerprint density at radius 2 is 1.47 bits per heavy atom. The van der Waals surface area contributed by atoms with Crippen molar-refractivity contribution < 1.29 is 19.5 Å². The van der Waals surface area contributed by atoms with Crippen molar-refractivity contribution in [3.8, 4) is 0 Å². The first kappa shape index (κ1) is 23.0. The van der Waals surface area contributed by atoms with E-state index in [2.05, 4.69) is 26.6 Å². The molecule has 3 N–H and O–H groups in total. The van der Waals surface area contributed by atoms with Crippen LogP contribution in [0.25, 0.3) is 6.08 Å². The summed E-state index contributed by atoms with van der Waals surface area (Å²) in [5, 5.41) is 14.8. The van der Waals surface area contributed by atoms with Crippen molar-refractivity contribution in [2.75, 3.05) is 0 Å². The number of hydrogen-bond donors (Lipinski definition) is 3. The number of benzene rings is 3. The van der Waals surface area contributed by atoms with Gasteiger partial charge in [-0.1, -0.05) is 76.6 Å². The fourth-order valence-corrected chi connectivity index (χ4v) is 3.22. The molecule has 0 saturated heterocycles. The minimum Gasteiger partial charge on any atom is -0.480 e. The molecule has 7 heteroatoms. The highest BCUT2D eigenvalue weighted by atomic mass is 79.9. The molecule has 32 heavy (non-hydrogen) atoms. The summed E-state index contributed by atoms with van der Waals surface area (Å²) in [6, 6.07) is 23.5. The summed E-state index contributed by atoms with van der Waals surface area (Å²) in [5.74, 6) is -2.33. The molecular weight excluding hydrogens is 472 g/mol. The zero-order chi connectivity index (χ0) is 22.9. The Kier molecular flexibility index (Phi) is 7.94. The van der Waals surface area contributed by atoms with Crippen LogP contribution in [0.5, 0.6) is 0 Å². The lowest BCUT2D eigenvalue weighted by Crippen LogP contribution is -2.45. The third-order valence-corrected chi connectivity index (χ3v) is 5.12. The van der Waals surface area contributed by atoms with Crippen molar-refractivity contribution in [1.29, 1.82) is 0 Å². The van der Waals surface area contributed by atoms with Gasteiger partial charge in [0.05, 0.1) is 0 Å². The topological polar surface area (TPSA) is 95.5 Å².